The fourth-order valence-corrected chi connectivity index (χ4v) is 1.86. The summed E-state index contributed by atoms with van der Waals surface area (Å²) in [6.45, 7) is 6.38. The van der Waals surface area contributed by atoms with E-state index in [1.807, 2.05) is 0 Å². The third-order valence-electron chi connectivity index (χ3n) is 2.89. The van der Waals surface area contributed by atoms with Gasteiger partial charge < -0.3 is 5.32 Å². The van der Waals surface area contributed by atoms with Crippen LogP contribution in [-0.2, 0) is 6.54 Å². The van der Waals surface area contributed by atoms with Crippen molar-refractivity contribution in [1.82, 2.24) is 5.32 Å². The molecule has 0 bridgehead atoms. The minimum Gasteiger partial charge on any atom is -0.313 e. The lowest BCUT2D eigenvalue weighted by Gasteiger charge is -2.07. The molecule has 0 aromatic heterocycles. The van der Waals surface area contributed by atoms with Crippen LogP contribution in [0.15, 0.2) is 18.2 Å². The summed E-state index contributed by atoms with van der Waals surface area (Å²) >= 11 is 5.62. The van der Waals surface area contributed by atoms with Gasteiger partial charge in [-0.15, -0.1) is 11.6 Å². The molecular formula is C14H22ClN. The van der Waals surface area contributed by atoms with Gasteiger partial charge in [0, 0.05) is 12.4 Å². The van der Waals surface area contributed by atoms with E-state index in [0.717, 1.165) is 25.4 Å². The Labute approximate surface area is 104 Å². The molecule has 0 heterocycles. The van der Waals surface area contributed by atoms with Gasteiger partial charge in [-0.25, -0.2) is 0 Å². The Morgan fingerprint density at radius 1 is 1.06 bits per heavy atom. The van der Waals surface area contributed by atoms with Gasteiger partial charge in [-0.2, -0.15) is 0 Å². The van der Waals surface area contributed by atoms with Gasteiger partial charge in [-0.3, -0.25) is 0 Å². The summed E-state index contributed by atoms with van der Waals surface area (Å²) in [7, 11) is 0. The van der Waals surface area contributed by atoms with E-state index >= 15 is 0 Å². The molecule has 0 saturated carbocycles. The van der Waals surface area contributed by atoms with Crippen molar-refractivity contribution < 1.29 is 0 Å². The first-order valence-corrected chi connectivity index (χ1v) is 6.60. The molecule has 0 saturated heterocycles. The predicted molar refractivity (Wildman–Crippen MR) is 72.2 cm³/mol. The Balaban J connectivity index is 2.19. The average Bonchev–Trinajstić information content (AvgIpc) is 2.28. The van der Waals surface area contributed by atoms with Crippen molar-refractivity contribution in [2.75, 3.05) is 12.4 Å². The van der Waals surface area contributed by atoms with Crippen LogP contribution >= 0.6 is 11.6 Å². The third kappa shape index (κ3) is 5.00. The molecule has 0 spiro atoms. The number of unbranched alkanes of at least 4 members (excludes halogenated alkanes) is 2. The quantitative estimate of drug-likeness (QED) is 0.564. The first kappa shape index (κ1) is 13.5. The average molecular weight is 240 g/mol. The molecular weight excluding hydrogens is 218 g/mol. The molecule has 0 radical (unpaired) electrons. The minimum absolute atomic E-state index is 0.789. The van der Waals surface area contributed by atoms with Crippen molar-refractivity contribution in [3.63, 3.8) is 0 Å². The predicted octanol–water partition coefficient (Wildman–Crippen LogP) is 3.80. The number of hydrogen-bond acceptors (Lipinski definition) is 1. The second-order valence-electron chi connectivity index (χ2n) is 4.35. The zero-order valence-corrected chi connectivity index (χ0v) is 11.1. The van der Waals surface area contributed by atoms with Crippen molar-refractivity contribution >= 4 is 11.6 Å². The van der Waals surface area contributed by atoms with Gasteiger partial charge in [0.15, 0.2) is 0 Å². The lowest BCUT2D eigenvalue weighted by molar-refractivity contribution is 0.618. The summed E-state index contributed by atoms with van der Waals surface area (Å²) in [4.78, 5) is 0. The number of rotatable bonds is 7. The van der Waals surface area contributed by atoms with Gasteiger partial charge in [0.25, 0.3) is 0 Å². The second-order valence-corrected chi connectivity index (χ2v) is 4.72. The zero-order chi connectivity index (χ0) is 11.8. The van der Waals surface area contributed by atoms with E-state index in [4.69, 9.17) is 11.6 Å². The lowest BCUT2D eigenvalue weighted by atomic mass is 10.1. The van der Waals surface area contributed by atoms with Crippen LogP contribution in [0.1, 0.15) is 36.0 Å². The van der Waals surface area contributed by atoms with Crippen molar-refractivity contribution in [3.05, 3.63) is 34.9 Å². The second kappa shape index (κ2) is 7.70. The highest BCUT2D eigenvalue weighted by atomic mass is 35.5. The molecule has 0 fully saturated rings. The van der Waals surface area contributed by atoms with Crippen LogP contribution in [0.5, 0.6) is 0 Å². The number of aryl methyl sites for hydroxylation is 2. The van der Waals surface area contributed by atoms with Gasteiger partial charge in [-0.05, 0) is 49.9 Å². The highest BCUT2D eigenvalue weighted by Gasteiger charge is 1.96. The van der Waals surface area contributed by atoms with E-state index in [0.29, 0.717) is 0 Å². The maximum atomic E-state index is 5.62. The zero-order valence-electron chi connectivity index (χ0n) is 10.4. The molecule has 0 aliphatic heterocycles. The lowest BCUT2D eigenvalue weighted by Crippen LogP contribution is -2.14. The van der Waals surface area contributed by atoms with E-state index in [2.05, 4.69) is 37.4 Å². The Kier molecular flexibility index (Phi) is 6.51. The third-order valence-corrected chi connectivity index (χ3v) is 3.15. The molecule has 1 rings (SSSR count). The maximum Gasteiger partial charge on any atom is 0.0223 e. The van der Waals surface area contributed by atoms with Gasteiger partial charge in [-0.1, -0.05) is 24.6 Å². The van der Waals surface area contributed by atoms with Crippen LogP contribution in [0, 0.1) is 13.8 Å². The first-order chi connectivity index (χ1) is 7.74. The Hall–Kier alpha value is -0.530. The van der Waals surface area contributed by atoms with Crippen LogP contribution in [0.3, 0.4) is 0 Å². The molecule has 1 aromatic rings. The molecule has 1 aromatic carbocycles. The number of nitrogens with one attached hydrogen (secondary N) is 1. The van der Waals surface area contributed by atoms with Crippen LogP contribution < -0.4 is 5.32 Å². The summed E-state index contributed by atoms with van der Waals surface area (Å²) in [5.74, 6) is 0.789. The molecule has 2 heteroatoms. The van der Waals surface area contributed by atoms with E-state index < -0.39 is 0 Å². The summed E-state index contributed by atoms with van der Waals surface area (Å²) in [5.41, 5.74) is 4.12. The molecule has 0 unspecified atom stereocenters. The summed E-state index contributed by atoms with van der Waals surface area (Å²) in [6.07, 6.45) is 3.58. The standard InChI is InChI=1S/C14H22ClN/c1-12-6-7-14(10-13(12)2)11-16-9-5-3-4-8-15/h6-7,10,16H,3-5,8-9,11H2,1-2H3. The molecule has 0 aliphatic carbocycles. The fourth-order valence-electron chi connectivity index (χ4n) is 1.67. The van der Waals surface area contributed by atoms with Gasteiger partial charge >= 0.3 is 0 Å². The van der Waals surface area contributed by atoms with Gasteiger partial charge in [0.1, 0.15) is 0 Å². The summed E-state index contributed by atoms with van der Waals surface area (Å²) < 4.78 is 0. The van der Waals surface area contributed by atoms with E-state index in [1.165, 1.54) is 29.5 Å². The largest absolute Gasteiger partial charge is 0.313 e. The molecule has 0 aliphatic rings. The molecule has 1 nitrogen and oxygen atoms in total. The fraction of sp³-hybridized carbons (Fsp3) is 0.571. The van der Waals surface area contributed by atoms with Gasteiger partial charge in [0.05, 0.1) is 0 Å². The van der Waals surface area contributed by atoms with E-state index in [9.17, 15) is 0 Å². The monoisotopic (exact) mass is 239 g/mol. The molecule has 1 N–H and O–H groups in total. The highest BCUT2D eigenvalue weighted by Crippen LogP contribution is 2.09. The Morgan fingerprint density at radius 2 is 1.88 bits per heavy atom. The van der Waals surface area contributed by atoms with E-state index in [1.54, 1.807) is 0 Å². The molecule has 0 atom stereocenters. The molecule has 90 valence electrons. The van der Waals surface area contributed by atoms with Crippen LogP contribution in [-0.4, -0.2) is 12.4 Å². The van der Waals surface area contributed by atoms with Crippen LogP contribution in [0.25, 0.3) is 0 Å². The number of benzene rings is 1. The Morgan fingerprint density at radius 3 is 2.56 bits per heavy atom. The van der Waals surface area contributed by atoms with Crippen molar-refractivity contribution in [2.45, 2.75) is 39.7 Å². The SMILES string of the molecule is Cc1ccc(CNCCCCCCl)cc1C. The smallest absolute Gasteiger partial charge is 0.0223 e. The number of alkyl halides is 1. The maximum absolute atomic E-state index is 5.62. The number of halogens is 1. The highest BCUT2D eigenvalue weighted by molar-refractivity contribution is 6.17. The van der Waals surface area contributed by atoms with Crippen molar-refractivity contribution in [1.29, 1.82) is 0 Å². The van der Waals surface area contributed by atoms with Gasteiger partial charge in [0.2, 0.25) is 0 Å². The van der Waals surface area contributed by atoms with E-state index in [-0.39, 0.29) is 0 Å². The molecule has 16 heavy (non-hydrogen) atoms. The topological polar surface area (TPSA) is 12.0 Å². The molecule has 0 amide bonds. The minimum atomic E-state index is 0.789. The summed E-state index contributed by atoms with van der Waals surface area (Å²) in [5, 5.41) is 3.46. The normalized spacial score (nSPS) is 10.7. The van der Waals surface area contributed by atoms with Crippen LogP contribution in [0.4, 0.5) is 0 Å². The van der Waals surface area contributed by atoms with Crippen molar-refractivity contribution in [3.8, 4) is 0 Å². The Bertz CT molecular complexity index is 310. The number of hydrogen-bond donors (Lipinski definition) is 1. The first-order valence-electron chi connectivity index (χ1n) is 6.07. The van der Waals surface area contributed by atoms with Crippen molar-refractivity contribution in [2.24, 2.45) is 0 Å². The summed E-state index contributed by atoms with van der Waals surface area (Å²) in [6, 6.07) is 6.66. The van der Waals surface area contributed by atoms with Crippen LogP contribution in [0.2, 0.25) is 0 Å².